The van der Waals surface area contributed by atoms with Gasteiger partial charge in [-0.2, -0.15) is 0 Å². The number of piperidine rings is 1. The lowest BCUT2D eigenvalue weighted by Crippen LogP contribution is -2.49. The van der Waals surface area contributed by atoms with E-state index in [2.05, 4.69) is 15.5 Å². The van der Waals surface area contributed by atoms with E-state index in [9.17, 15) is 14.4 Å². The molecule has 3 amide bonds. The Balaban J connectivity index is 1.89. The quantitative estimate of drug-likeness (QED) is 0.624. The third-order valence-electron chi connectivity index (χ3n) is 5.43. The predicted octanol–water partition coefficient (Wildman–Crippen LogP) is 1.36. The van der Waals surface area contributed by atoms with Crippen molar-refractivity contribution in [3.05, 3.63) is 46.7 Å². The van der Waals surface area contributed by atoms with Gasteiger partial charge in [0.2, 0.25) is 5.91 Å². The van der Waals surface area contributed by atoms with E-state index in [1.807, 2.05) is 31.2 Å². The Morgan fingerprint density at radius 3 is 2.45 bits per heavy atom. The molecule has 2 heterocycles. The van der Waals surface area contributed by atoms with Gasteiger partial charge in [-0.15, -0.1) is 0 Å². The molecule has 4 N–H and O–H groups in total. The fourth-order valence-corrected chi connectivity index (χ4v) is 3.80. The van der Waals surface area contributed by atoms with Crippen LogP contribution >= 0.6 is 0 Å². The van der Waals surface area contributed by atoms with E-state index >= 15 is 0 Å². The smallest absolute Gasteiger partial charge is 0.338 e. The van der Waals surface area contributed by atoms with Gasteiger partial charge in [-0.1, -0.05) is 29.8 Å². The molecule has 156 valence electrons. The molecule has 2 aliphatic heterocycles. The van der Waals surface area contributed by atoms with Crippen LogP contribution in [0.4, 0.5) is 4.79 Å². The highest BCUT2D eigenvalue weighted by molar-refractivity contribution is 5.95. The first-order chi connectivity index (χ1) is 13.9. The van der Waals surface area contributed by atoms with Crippen LogP contribution < -0.4 is 16.4 Å². The number of amides is 3. The highest BCUT2D eigenvalue weighted by atomic mass is 16.5. The summed E-state index contributed by atoms with van der Waals surface area (Å²) in [6.07, 6.45) is 1.34. The average Bonchev–Trinajstić information content (AvgIpc) is 2.68. The Morgan fingerprint density at radius 1 is 1.21 bits per heavy atom. The van der Waals surface area contributed by atoms with Gasteiger partial charge in [0.25, 0.3) is 0 Å². The van der Waals surface area contributed by atoms with E-state index in [-0.39, 0.29) is 24.5 Å². The summed E-state index contributed by atoms with van der Waals surface area (Å²) in [5, 5.41) is 5.64. The first-order valence-corrected chi connectivity index (χ1v) is 9.95. The number of aryl methyl sites for hydroxylation is 1. The molecule has 8 heteroatoms. The number of nitrogens with one attached hydrogen (secondary N) is 2. The minimum atomic E-state index is -0.582. The summed E-state index contributed by atoms with van der Waals surface area (Å²) in [6, 6.07) is 6.76. The summed E-state index contributed by atoms with van der Waals surface area (Å²) in [5.74, 6) is -0.842. The zero-order chi connectivity index (χ0) is 21.0. The number of urea groups is 1. The van der Waals surface area contributed by atoms with Crippen LogP contribution in [0.5, 0.6) is 0 Å². The van der Waals surface area contributed by atoms with Crippen LogP contribution in [0.25, 0.3) is 0 Å². The summed E-state index contributed by atoms with van der Waals surface area (Å²) in [5.41, 5.74) is 8.27. The van der Waals surface area contributed by atoms with Crippen LogP contribution in [0.1, 0.15) is 36.9 Å². The summed E-state index contributed by atoms with van der Waals surface area (Å²) in [4.78, 5) is 38.7. The highest BCUT2D eigenvalue weighted by Gasteiger charge is 2.35. The SMILES string of the molecule is CCOC(=O)C1=C(CN2CCC(C(N)=O)CC2)NC(=O)N[C@@H]1c1ccc(C)cc1. The second-order valence-corrected chi connectivity index (χ2v) is 7.51. The van der Waals surface area contributed by atoms with Crippen LogP contribution in [-0.4, -0.2) is 49.0 Å². The number of nitrogens with two attached hydrogens (primary N) is 1. The fraction of sp³-hybridized carbons (Fsp3) is 0.476. The summed E-state index contributed by atoms with van der Waals surface area (Å²) in [6.45, 7) is 5.72. The van der Waals surface area contributed by atoms with Crippen molar-refractivity contribution >= 4 is 17.9 Å². The van der Waals surface area contributed by atoms with E-state index in [1.54, 1.807) is 6.92 Å². The molecule has 0 bridgehead atoms. The molecule has 8 nitrogen and oxygen atoms in total. The number of rotatable bonds is 6. The number of nitrogens with zero attached hydrogens (tertiary/aromatic N) is 1. The van der Waals surface area contributed by atoms with Crippen LogP contribution in [0.2, 0.25) is 0 Å². The summed E-state index contributed by atoms with van der Waals surface area (Å²) < 4.78 is 5.29. The molecule has 2 aliphatic rings. The van der Waals surface area contributed by atoms with E-state index in [4.69, 9.17) is 10.5 Å². The molecule has 1 fully saturated rings. The summed E-state index contributed by atoms with van der Waals surface area (Å²) in [7, 11) is 0. The highest BCUT2D eigenvalue weighted by Crippen LogP contribution is 2.29. The normalized spacial score (nSPS) is 20.8. The largest absolute Gasteiger partial charge is 0.463 e. The molecule has 0 radical (unpaired) electrons. The molecular weight excluding hydrogens is 372 g/mol. The molecule has 1 aromatic rings. The number of hydrogen-bond donors (Lipinski definition) is 3. The van der Waals surface area contributed by atoms with E-state index < -0.39 is 12.0 Å². The minimum absolute atomic E-state index is 0.118. The van der Waals surface area contributed by atoms with Crippen molar-refractivity contribution in [3.8, 4) is 0 Å². The Bertz CT molecular complexity index is 810. The molecule has 1 saturated heterocycles. The Kier molecular flexibility index (Phi) is 6.53. The van der Waals surface area contributed by atoms with Crippen LogP contribution in [-0.2, 0) is 14.3 Å². The number of carbonyl (C=O) groups excluding carboxylic acids is 3. The molecule has 1 aromatic carbocycles. The topological polar surface area (TPSA) is 114 Å². The maximum absolute atomic E-state index is 12.8. The van der Waals surface area contributed by atoms with Gasteiger partial charge >= 0.3 is 12.0 Å². The molecule has 0 spiro atoms. The number of hydrogen-bond acceptors (Lipinski definition) is 5. The minimum Gasteiger partial charge on any atom is -0.463 e. The standard InChI is InChI=1S/C21H28N4O4/c1-3-29-20(27)17-16(12-25-10-8-15(9-11-25)19(22)26)23-21(28)24-18(17)14-6-4-13(2)5-7-14/h4-7,15,18H,3,8-12H2,1-2H3,(H2,22,26)(H2,23,24,28)/t18-/m1/s1. The Labute approximate surface area is 170 Å². The van der Waals surface area contributed by atoms with Crippen LogP contribution in [0.15, 0.2) is 35.5 Å². The Hall–Kier alpha value is -2.87. The van der Waals surface area contributed by atoms with Crippen molar-refractivity contribution in [2.75, 3.05) is 26.2 Å². The first kappa shape index (κ1) is 20.9. The van der Waals surface area contributed by atoms with Crippen molar-refractivity contribution in [1.82, 2.24) is 15.5 Å². The van der Waals surface area contributed by atoms with Gasteiger partial charge in [-0.25, -0.2) is 9.59 Å². The van der Waals surface area contributed by atoms with Gasteiger partial charge in [0.05, 0.1) is 18.2 Å². The van der Waals surface area contributed by atoms with Crippen LogP contribution in [0.3, 0.4) is 0 Å². The maximum Gasteiger partial charge on any atom is 0.338 e. The van der Waals surface area contributed by atoms with Crippen molar-refractivity contribution in [1.29, 1.82) is 0 Å². The number of carbonyl (C=O) groups is 3. The molecule has 0 saturated carbocycles. The molecule has 0 unspecified atom stereocenters. The third kappa shape index (κ3) is 4.95. The zero-order valence-electron chi connectivity index (χ0n) is 16.9. The molecule has 0 aliphatic carbocycles. The summed E-state index contributed by atoms with van der Waals surface area (Å²) >= 11 is 0. The number of ether oxygens (including phenoxy) is 1. The molecule has 3 rings (SSSR count). The van der Waals surface area contributed by atoms with Crippen molar-refractivity contribution in [2.45, 2.75) is 32.7 Å². The first-order valence-electron chi connectivity index (χ1n) is 9.95. The van der Waals surface area contributed by atoms with Gasteiger partial charge in [-0.3, -0.25) is 9.69 Å². The third-order valence-corrected chi connectivity index (χ3v) is 5.43. The number of esters is 1. The molecule has 0 aromatic heterocycles. The lowest BCUT2D eigenvalue weighted by atomic mass is 9.93. The van der Waals surface area contributed by atoms with Gasteiger partial charge in [-0.05, 0) is 45.3 Å². The Morgan fingerprint density at radius 2 is 1.86 bits per heavy atom. The fourth-order valence-electron chi connectivity index (χ4n) is 3.80. The second-order valence-electron chi connectivity index (χ2n) is 7.51. The van der Waals surface area contributed by atoms with E-state index in [0.717, 1.165) is 11.1 Å². The number of benzene rings is 1. The lowest BCUT2D eigenvalue weighted by Gasteiger charge is -2.34. The lowest BCUT2D eigenvalue weighted by molar-refractivity contribution is -0.139. The van der Waals surface area contributed by atoms with Crippen molar-refractivity contribution in [3.63, 3.8) is 0 Å². The molecule has 29 heavy (non-hydrogen) atoms. The van der Waals surface area contributed by atoms with Gasteiger partial charge in [0.15, 0.2) is 0 Å². The number of primary amides is 1. The van der Waals surface area contributed by atoms with E-state index in [1.165, 1.54) is 0 Å². The predicted molar refractivity (Wildman–Crippen MR) is 108 cm³/mol. The van der Waals surface area contributed by atoms with Crippen LogP contribution in [0, 0.1) is 12.8 Å². The van der Waals surface area contributed by atoms with Crippen molar-refractivity contribution in [2.24, 2.45) is 11.7 Å². The molecule has 1 atom stereocenters. The van der Waals surface area contributed by atoms with Gasteiger partial charge in [0.1, 0.15) is 0 Å². The average molecular weight is 400 g/mol. The second kappa shape index (κ2) is 9.09. The van der Waals surface area contributed by atoms with Gasteiger partial charge < -0.3 is 21.1 Å². The maximum atomic E-state index is 12.8. The van der Waals surface area contributed by atoms with E-state index in [0.29, 0.717) is 43.7 Å². The molecular formula is C21H28N4O4. The van der Waals surface area contributed by atoms with Gasteiger partial charge in [0, 0.05) is 18.2 Å². The monoisotopic (exact) mass is 400 g/mol. The number of likely N-dealkylation sites (tertiary alicyclic amines) is 1. The van der Waals surface area contributed by atoms with Crippen molar-refractivity contribution < 1.29 is 19.1 Å². The zero-order valence-corrected chi connectivity index (χ0v) is 16.9.